The van der Waals surface area contributed by atoms with E-state index in [9.17, 15) is 9.59 Å². The molecule has 3 aliphatic rings. The molecule has 1 aromatic carbocycles. The monoisotopic (exact) mass is 454 g/mol. The maximum atomic E-state index is 12.9. The molecular formula is C29H30N2O3. The zero-order chi connectivity index (χ0) is 23.5. The number of carbonyl (C=O) groups excluding carboxylic acids is 1. The van der Waals surface area contributed by atoms with Gasteiger partial charge in [0.1, 0.15) is 0 Å². The summed E-state index contributed by atoms with van der Waals surface area (Å²) in [5.41, 5.74) is 7.42. The van der Waals surface area contributed by atoms with Gasteiger partial charge in [-0.3, -0.25) is 9.59 Å². The number of rotatable bonds is 9. The number of nitrogens with zero attached hydrogens (tertiary/aromatic N) is 1. The van der Waals surface area contributed by atoms with Gasteiger partial charge in [-0.05, 0) is 72.9 Å². The van der Waals surface area contributed by atoms with Crippen molar-refractivity contribution in [2.45, 2.75) is 51.4 Å². The van der Waals surface area contributed by atoms with Gasteiger partial charge in [-0.15, -0.1) is 0 Å². The number of hydrogen-bond donors (Lipinski definition) is 2. The molecule has 174 valence electrons. The van der Waals surface area contributed by atoms with Crippen LogP contribution in [0.15, 0.2) is 59.2 Å². The third-order valence-corrected chi connectivity index (χ3v) is 6.95. The molecule has 3 aliphatic carbocycles. The number of aryl methyl sites for hydroxylation is 1. The maximum absolute atomic E-state index is 12.9. The van der Waals surface area contributed by atoms with E-state index in [1.54, 1.807) is 5.57 Å². The molecule has 34 heavy (non-hydrogen) atoms. The zero-order valence-electron chi connectivity index (χ0n) is 19.3. The van der Waals surface area contributed by atoms with Gasteiger partial charge in [-0.25, -0.2) is 4.98 Å². The molecule has 1 unspecified atom stereocenters. The lowest BCUT2D eigenvalue weighted by Crippen LogP contribution is -2.38. The van der Waals surface area contributed by atoms with Crippen LogP contribution in [0.3, 0.4) is 0 Å². The van der Waals surface area contributed by atoms with Crippen molar-refractivity contribution in [3.8, 4) is 11.3 Å². The largest absolute Gasteiger partial charge is 0.481 e. The Labute approximate surface area is 199 Å². The van der Waals surface area contributed by atoms with E-state index in [1.165, 1.54) is 17.6 Å². The van der Waals surface area contributed by atoms with Crippen molar-refractivity contribution in [1.29, 1.82) is 0 Å². The fourth-order valence-corrected chi connectivity index (χ4v) is 5.00. The summed E-state index contributed by atoms with van der Waals surface area (Å²) in [7, 11) is 0. The van der Waals surface area contributed by atoms with Gasteiger partial charge in [0.15, 0.2) is 0 Å². The number of amides is 1. The first-order valence-corrected chi connectivity index (χ1v) is 12.3. The molecule has 1 atom stereocenters. The van der Waals surface area contributed by atoms with E-state index in [0.29, 0.717) is 19.4 Å². The predicted octanol–water partition coefficient (Wildman–Crippen LogP) is 3.66. The summed E-state index contributed by atoms with van der Waals surface area (Å²) in [4.78, 5) is 28.8. The van der Waals surface area contributed by atoms with E-state index < -0.39 is 5.97 Å². The lowest BCUT2D eigenvalue weighted by molar-refractivity contribution is -0.137. The molecule has 5 heteroatoms. The normalized spacial score (nSPS) is 18.1. The number of aliphatic carboxylic acids is 1. The summed E-state index contributed by atoms with van der Waals surface area (Å²) >= 11 is 0. The molecule has 1 aromatic heterocycles. The Hall–Kier alpha value is -3.47. The van der Waals surface area contributed by atoms with Crippen molar-refractivity contribution in [2.75, 3.05) is 6.54 Å². The quantitative estimate of drug-likeness (QED) is 0.567. The predicted molar refractivity (Wildman–Crippen MR) is 133 cm³/mol. The van der Waals surface area contributed by atoms with Gasteiger partial charge < -0.3 is 10.4 Å². The minimum absolute atomic E-state index is 0.0614. The van der Waals surface area contributed by atoms with Gasteiger partial charge in [0, 0.05) is 18.5 Å². The van der Waals surface area contributed by atoms with E-state index in [0.717, 1.165) is 53.1 Å². The summed E-state index contributed by atoms with van der Waals surface area (Å²) in [5, 5.41) is 14.0. The molecular weight excluding hydrogens is 424 g/mol. The van der Waals surface area contributed by atoms with Crippen LogP contribution in [0.4, 0.5) is 0 Å². The summed E-state index contributed by atoms with van der Waals surface area (Å²) in [5.74, 6) is -0.901. The highest BCUT2D eigenvalue weighted by Gasteiger charge is 2.27. The van der Waals surface area contributed by atoms with Crippen LogP contribution in [-0.2, 0) is 16.0 Å². The van der Waals surface area contributed by atoms with Gasteiger partial charge in [0.05, 0.1) is 17.0 Å². The molecule has 0 saturated carbocycles. The number of fused-ring (bicyclic) bond motifs is 1. The summed E-state index contributed by atoms with van der Waals surface area (Å²) in [6, 6.07) is 12.2. The second-order valence-electron chi connectivity index (χ2n) is 9.40. The molecule has 0 spiro atoms. The fraction of sp³-hybridized carbons (Fsp3) is 0.345. The van der Waals surface area contributed by atoms with Crippen molar-refractivity contribution in [2.24, 2.45) is 5.92 Å². The number of carboxylic acids is 1. The molecule has 1 amide bonds. The van der Waals surface area contributed by atoms with E-state index in [1.807, 2.05) is 24.3 Å². The summed E-state index contributed by atoms with van der Waals surface area (Å²) in [6.07, 6.45) is 12.8. The molecule has 0 radical (unpaired) electrons. The zero-order valence-corrected chi connectivity index (χ0v) is 19.3. The van der Waals surface area contributed by atoms with Crippen LogP contribution in [-0.4, -0.2) is 28.5 Å². The van der Waals surface area contributed by atoms with Gasteiger partial charge in [0.25, 0.3) is 0 Å². The van der Waals surface area contributed by atoms with Crippen molar-refractivity contribution in [1.82, 2.24) is 10.3 Å². The van der Waals surface area contributed by atoms with Crippen molar-refractivity contribution in [3.05, 3.63) is 75.3 Å². The van der Waals surface area contributed by atoms with Gasteiger partial charge in [0.2, 0.25) is 5.91 Å². The number of hydrogen-bond acceptors (Lipinski definition) is 3. The van der Waals surface area contributed by atoms with Crippen LogP contribution >= 0.6 is 0 Å². The first-order valence-electron chi connectivity index (χ1n) is 12.3. The molecule has 5 nitrogen and oxygen atoms in total. The van der Waals surface area contributed by atoms with Crippen LogP contribution in [0.5, 0.6) is 0 Å². The summed E-state index contributed by atoms with van der Waals surface area (Å²) in [6.45, 7) is 0.620. The molecule has 0 aliphatic heterocycles. The van der Waals surface area contributed by atoms with E-state index >= 15 is 0 Å². The Kier molecular flexibility index (Phi) is 6.43. The fourth-order valence-electron chi connectivity index (χ4n) is 5.00. The lowest BCUT2D eigenvalue weighted by atomic mass is 9.94. The Bertz CT molecular complexity index is 1300. The highest BCUT2D eigenvalue weighted by Crippen LogP contribution is 2.43. The number of benzene rings is 1. The molecule has 0 saturated heterocycles. The molecule has 0 fully saturated rings. The van der Waals surface area contributed by atoms with Crippen molar-refractivity contribution >= 4 is 24.0 Å². The number of allylic oxidation sites excluding steroid dienone is 2. The average Bonchev–Trinajstić information content (AvgIpc) is 3.65. The number of carbonyl (C=O) groups is 2. The topological polar surface area (TPSA) is 79.3 Å². The first-order chi connectivity index (χ1) is 16.6. The highest BCUT2D eigenvalue weighted by atomic mass is 16.4. The van der Waals surface area contributed by atoms with Crippen molar-refractivity contribution < 1.29 is 14.7 Å². The van der Waals surface area contributed by atoms with E-state index in [2.05, 4.69) is 35.7 Å². The van der Waals surface area contributed by atoms with Gasteiger partial charge in [-0.2, -0.15) is 0 Å². The average molecular weight is 455 g/mol. The van der Waals surface area contributed by atoms with E-state index in [4.69, 9.17) is 10.1 Å². The van der Waals surface area contributed by atoms with Crippen LogP contribution < -0.4 is 15.9 Å². The highest BCUT2D eigenvalue weighted by molar-refractivity contribution is 5.86. The second-order valence-corrected chi connectivity index (χ2v) is 9.40. The van der Waals surface area contributed by atoms with Gasteiger partial charge in [-0.1, -0.05) is 54.1 Å². The molecule has 1 heterocycles. The number of pyridine rings is 1. The van der Waals surface area contributed by atoms with Gasteiger partial charge >= 0.3 is 5.97 Å². The van der Waals surface area contributed by atoms with Crippen molar-refractivity contribution in [3.63, 3.8) is 0 Å². The molecule has 0 bridgehead atoms. The van der Waals surface area contributed by atoms with Crippen LogP contribution in [0.2, 0.25) is 0 Å². The third-order valence-electron chi connectivity index (χ3n) is 6.95. The minimum atomic E-state index is -0.762. The van der Waals surface area contributed by atoms with Crippen LogP contribution in [0.1, 0.15) is 50.5 Å². The molecule has 2 N–H and O–H groups in total. The van der Waals surface area contributed by atoms with Crippen LogP contribution in [0, 0.1) is 5.92 Å². The first kappa shape index (κ1) is 22.3. The number of nitrogens with one attached hydrogen (secondary N) is 1. The number of carboxylic acid groups (broad SMARTS) is 1. The second kappa shape index (κ2) is 9.80. The van der Waals surface area contributed by atoms with Crippen LogP contribution in [0.25, 0.3) is 23.4 Å². The standard InChI is InChI=1S/C29H30N2O3/c32-27(33)12-5-4-9-21-15-24-16-22(29(34)30-18-23-11-6-10-20-17-25(20)23)13-14-26(24)31-28(21)19-7-2-1-3-8-19/h1-3,7-8,11,14-16,22H,4-6,9-10,12-13,17-18H2,(H,30,34)(H,32,33). The Morgan fingerprint density at radius 3 is 2.79 bits per heavy atom. The third kappa shape index (κ3) is 5.04. The summed E-state index contributed by atoms with van der Waals surface area (Å²) < 4.78 is 0. The van der Waals surface area contributed by atoms with E-state index in [-0.39, 0.29) is 18.2 Å². The number of unbranched alkanes of at least 4 members (excludes halogenated alkanes) is 1. The SMILES string of the molecule is O=C(O)CCCCc1cc2c(nc1-c1ccccc1)=CCC(C(=O)NCC1=CCCC3=C1C3)C=2. The lowest BCUT2D eigenvalue weighted by Gasteiger charge is -2.17. The molecule has 2 aromatic rings. The minimum Gasteiger partial charge on any atom is -0.481 e. The molecule has 5 rings (SSSR count). The Morgan fingerprint density at radius 2 is 1.97 bits per heavy atom. The maximum Gasteiger partial charge on any atom is 0.303 e. The Balaban J connectivity index is 1.35. The Morgan fingerprint density at radius 1 is 1.12 bits per heavy atom. The smallest absolute Gasteiger partial charge is 0.303 e. The number of aromatic nitrogens is 1.